The average Bonchev–Trinajstić information content (AvgIpc) is 3.20. The summed E-state index contributed by atoms with van der Waals surface area (Å²) in [5, 5.41) is 3.69. The Morgan fingerprint density at radius 3 is 2.55 bits per heavy atom. The van der Waals surface area contributed by atoms with Gasteiger partial charge in [-0.3, -0.25) is 4.79 Å². The molecule has 0 aromatic heterocycles. The Bertz CT molecular complexity index is 418. The van der Waals surface area contributed by atoms with Crippen molar-refractivity contribution in [3.8, 4) is 0 Å². The number of benzene rings is 1. The third-order valence-electron chi connectivity index (χ3n) is 3.44. The maximum atomic E-state index is 12.0. The monoisotopic (exact) mass is 316 g/mol. The van der Waals surface area contributed by atoms with Crippen molar-refractivity contribution in [2.75, 3.05) is 26.7 Å². The molecule has 0 radical (unpaired) electrons. The molecule has 20 heavy (non-hydrogen) atoms. The van der Waals surface area contributed by atoms with E-state index in [1.165, 1.54) is 18.4 Å². The molecular weight excluding hydrogens is 295 g/mol. The van der Waals surface area contributed by atoms with Crippen LogP contribution in [0.15, 0.2) is 24.3 Å². The number of nitrogens with one attached hydrogen (secondary N) is 1. The minimum atomic E-state index is 0. The summed E-state index contributed by atoms with van der Waals surface area (Å²) in [6.07, 6.45) is 3.42. The van der Waals surface area contributed by atoms with Crippen LogP contribution < -0.4 is 5.32 Å². The maximum Gasteiger partial charge on any atom is 0.236 e. The molecule has 3 nitrogen and oxygen atoms in total. The largest absolute Gasteiger partial charge is 0.341 e. The van der Waals surface area contributed by atoms with Crippen LogP contribution in [0.5, 0.6) is 0 Å². The Morgan fingerprint density at radius 2 is 2.00 bits per heavy atom. The van der Waals surface area contributed by atoms with Gasteiger partial charge >= 0.3 is 0 Å². The molecule has 1 aliphatic carbocycles. The molecule has 0 saturated heterocycles. The van der Waals surface area contributed by atoms with Crippen molar-refractivity contribution in [1.29, 1.82) is 0 Å². The highest BCUT2D eigenvalue weighted by atomic mass is 35.5. The summed E-state index contributed by atoms with van der Waals surface area (Å²) in [5.74, 6) is 0.925. The van der Waals surface area contributed by atoms with Crippen LogP contribution in [0.4, 0.5) is 0 Å². The van der Waals surface area contributed by atoms with Crippen LogP contribution in [0, 0.1) is 5.92 Å². The Kier molecular flexibility index (Phi) is 7.35. The van der Waals surface area contributed by atoms with E-state index < -0.39 is 0 Å². The van der Waals surface area contributed by atoms with E-state index in [0.717, 1.165) is 30.5 Å². The van der Waals surface area contributed by atoms with Crippen molar-refractivity contribution in [2.45, 2.75) is 19.3 Å². The normalized spacial score (nSPS) is 13.7. The lowest BCUT2D eigenvalue weighted by Gasteiger charge is -2.22. The van der Waals surface area contributed by atoms with Crippen molar-refractivity contribution in [1.82, 2.24) is 10.2 Å². The van der Waals surface area contributed by atoms with Crippen LogP contribution in [-0.2, 0) is 11.2 Å². The molecule has 0 unspecified atom stereocenters. The van der Waals surface area contributed by atoms with E-state index >= 15 is 0 Å². The molecule has 2 rings (SSSR count). The lowest BCUT2D eigenvalue weighted by Crippen LogP contribution is -2.39. The molecule has 1 saturated carbocycles. The first-order valence-corrected chi connectivity index (χ1v) is 7.23. The summed E-state index contributed by atoms with van der Waals surface area (Å²) in [6, 6.07) is 7.86. The first kappa shape index (κ1) is 17.3. The molecule has 1 amide bonds. The standard InChI is InChI=1S/C15H21ClN2O.ClH/c1-17-10-15(19)18(11-13-2-3-13)9-8-12-4-6-14(16)7-5-12;/h4-7,13,17H,2-3,8-11H2,1H3;1H. The molecule has 0 heterocycles. The summed E-state index contributed by atoms with van der Waals surface area (Å²) in [6.45, 7) is 2.13. The van der Waals surface area contributed by atoms with E-state index in [2.05, 4.69) is 5.32 Å². The zero-order valence-corrected chi connectivity index (χ0v) is 13.3. The van der Waals surface area contributed by atoms with E-state index in [0.29, 0.717) is 6.54 Å². The van der Waals surface area contributed by atoms with E-state index in [-0.39, 0.29) is 18.3 Å². The summed E-state index contributed by atoms with van der Waals surface area (Å²) in [7, 11) is 1.81. The predicted molar refractivity (Wildman–Crippen MR) is 85.6 cm³/mol. The van der Waals surface area contributed by atoms with Crippen molar-refractivity contribution < 1.29 is 4.79 Å². The molecule has 0 atom stereocenters. The van der Waals surface area contributed by atoms with Crippen LogP contribution in [0.25, 0.3) is 0 Å². The summed E-state index contributed by atoms with van der Waals surface area (Å²) < 4.78 is 0. The molecule has 112 valence electrons. The number of carbonyl (C=O) groups is 1. The summed E-state index contributed by atoms with van der Waals surface area (Å²) in [4.78, 5) is 14.0. The molecule has 0 spiro atoms. The van der Waals surface area contributed by atoms with Gasteiger partial charge in [-0.25, -0.2) is 0 Å². The van der Waals surface area contributed by atoms with Crippen LogP contribution in [-0.4, -0.2) is 37.5 Å². The van der Waals surface area contributed by atoms with Gasteiger partial charge in [-0.2, -0.15) is 0 Å². The number of carbonyl (C=O) groups excluding carboxylic acids is 1. The van der Waals surface area contributed by atoms with Gasteiger partial charge in [0.25, 0.3) is 0 Å². The Labute approximate surface area is 132 Å². The number of nitrogens with zero attached hydrogens (tertiary/aromatic N) is 1. The molecular formula is C15H22Cl2N2O. The number of hydrogen-bond acceptors (Lipinski definition) is 2. The zero-order chi connectivity index (χ0) is 13.7. The second-order valence-corrected chi connectivity index (χ2v) is 5.63. The van der Waals surface area contributed by atoms with Gasteiger partial charge in [0.2, 0.25) is 5.91 Å². The lowest BCUT2D eigenvalue weighted by molar-refractivity contribution is -0.130. The van der Waals surface area contributed by atoms with Crippen LogP contribution >= 0.6 is 24.0 Å². The quantitative estimate of drug-likeness (QED) is 0.839. The van der Waals surface area contributed by atoms with Gasteiger partial charge in [0.15, 0.2) is 0 Å². The van der Waals surface area contributed by atoms with Crippen LogP contribution in [0.3, 0.4) is 0 Å². The molecule has 1 N–H and O–H groups in total. The Morgan fingerprint density at radius 1 is 1.35 bits per heavy atom. The number of rotatable bonds is 7. The first-order valence-electron chi connectivity index (χ1n) is 6.86. The Hall–Kier alpha value is -0.770. The van der Waals surface area contributed by atoms with Gasteiger partial charge in [0, 0.05) is 18.1 Å². The summed E-state index contributed by atoms with van der Waals surface area (Å²) >= 11 is 5.87. The van der Waals surface area contributed by atoms with Crippen molar-refractivity contribution in [3.63, 3.8) is 0 Å². The first-order chi connectivity index (χ1) is 9.19. The van der Waals surface area contributed by atoms with Crippen LogP contribution in [0.1, 0.15) is 18.4 Å². The van der Waals surface area contributed by atoms with Gasteiger partial charge in [0.1, 0.15) is 0 Å². The topological polar surface area (TPSA) is 32.3 Å². The highest BCUT2D eigenvalue weighted by Crippen LogP contribution is 2.29. The number of likely N-dealkylation sites (N-methyl/N-ethyl adjacent to an activating group) is 1. The zero-order valence-electron chi connectivity index (χ0n) is 11.8. The number of amides is 1. The minimum absolute atomic E-state index is 0. The molecule has 1 aliphatic rings. The van der Waals surface area contributed by atoms with Crippen molar-refractivity contribution in [2.24, 2.45) is 5.92 Å². The smallest absolute Gasteiger partial charge is 0.236 e. The molecule has 1 fully saturated rings. The highest BCUT2D eigenvalue weighted by Gasteiger charge is 2.26. The lowest BCUT2D eigenvalue weighted by atomic mass is 10.1. The van der Waals surface area contributed by atoms with Gasteiger partial charge in [-0.15, -0.1) is 12.4 Å². The second-order valence-electron chi connectivity index (χ2n) is 5.19. The number of halogens is 2. The SMILES string of the molecule is CNCC(=O)N(CCc1ccc(Cl)cc1)CC1CC1.Cl. The van der Waals surface area contributed by atoms with Gasteiger partial charge in [0.05, 0.1) is 6.54 Å². The fourth-order valence-electron chi connectivity index (χ4n) is 2.11. The molecule has 0 aliphatic heterocycles. The van der Waals surface area contributed by atoms with Crippen molar-refractivity contribution >= 4 is 29.9 Å². The van der Waals surface area contributed by atoms with Crippen LogP contribution in [0.2, 0.25) is 5.02 Å². The van der Waals surface area contributed by atoms with E-state index in [4.69, 9.17) is 11.6 Å². The van der Waals surface area contributed by atoms with Gasteiger partial charge < -0.3 is 10.2 Å². The van der Waals surface area contributed by atoms with Gasteiger partial charge in [-0.1, -0.05) is 23.7 Å². The molecule has 5 heteroatoms. The predicted octanol–water partition coefficient (Wildman–Crippen LogP) is 2.76. The fourth-order valence-corrected chi connectivity index (χ4v) is 2.23. The van der Waals surface area contributed by atoms with E-state index in [9.17, 15) is 4.79 Å². The van der Waals surface area contributed by atoms with Crippen molar-refractivity contribution in [3.05, 3.63) is 34.9 Å². The molecule has 0 bridgehead atoms. The molecule has 1 aromatic carbocycles. The fraction of sp³-hybridized carbons (Fsp3) is 0.533. The van der Waals surface area contributed by atoms with E-state index in [1.807, 2.05) is 36.2 Å². The van der Waals surface area contributed by atoms with E-state index in [1.54, 1.807) is 0 Å². The Balaban J connectivity index is 0.00000200. The third kappa shape index (κ3) is 5.70. The highest BCUT2D eigenvalue weighted by molar-refractivity contribution is 6.30. The van der Waals surface area contributed by atoms with Gasteiger partial charge in [-0.05, 0) is 49.9 Å². The average molecular weight is 317 g/mol. The number of hydrogen-bond donors (Lipinski definition) is 1. The maximum absolute atomic E-state index is 12.0. The minimum Gasteiger partial charge on any atom is -0.341 e. The third-order valence-corrected chi connectivity index (χ3v) is 3.69. The molecule has 1 aromatic rings. The second kappa shape index (κ2) is 8.50. The summed E-state index contributed by atoms with van der Waals surface area (Å²) in [5.41, 5.74) is 1.22.